The zero-order chi connectivity index (χ0) is 15.6. The van der Waals surface area contributed by atoms with Crippen molar-refractivity contribution in [1.82, 2.24) is 0 Å². The quantitative estimate of drug-likeness (QED) is 0.671. The number of nitrogens with one attached hydrogen (secondary N) is 1. The van der Waals surface area contributed by atoms with Crippen LogP contribution < -0.4 is 5.32 Å². The molecule has 2 aromatic rings. The molecule has 2 aromatic carbocycles. The monoisotopic (exact) mass is 310 g/mol. The van der Waals surface area contributed by atoms with Gasteiger partial charge in [0.2, 0.25) is 0 Å². The SMILES string of the molecule is O=C(Nc1ccc([N+](=O)[O-])cc1F)c1ccc(Cl)cc1O. The number of nitro groups is 1. The molecule has 0 bridgehead atoms. The van der Waals surface area contributed by atoms with Gasteiger partial charge in [-0.2, -0.15) is 0 Å². The molecule has 8 heteroatoms. The van der Waals surface area contributed by atoms with E-state index < -0.39 is 22.3 Å². The maximum absolute atomic E-state index is 13.6. The molecule has 108 valence electrons. The van der Waals surface area contributed by atoms with Crippen molar-refractivity contribution in [3.63, 3.8) is 0 Å². The molecule has 0 aromatic heterocycles. The lowest BCUT2D eigenvalue weighted by atomic mass is 10.2. The van der Waals surface area contributed by atoms with E-state index in [0.29, 0.717) is 6.07 Å². The number of nitrogens with zero attached hydrogens (tertiary/aromatic N) is 1. The van der Waals surface area contributed by atoms with Gasteiger partial charge in [-0.3, -0.25) is 14.9 Å². The minimum Gasteiger partial charge on any atom is -0.507 e. The summed E-state index contributed by atoms with van der Waals surface area (Å²) >= 11 is 5.64. The molecule has 0 saturated heterocycles. The van der Waals surface area contributed by atoms with E-state index in [4.69, 9.17) is 11.6 Å². The second-order valence-corrected chi connectivity index (χ2v) is 4.47. The molecule has 0 unspecified atom stereocenters. The number of amides is 1. The van der Waals surface area contributed by atoms with Crippen molar-refractivity contribution in [3.8, 4) is 5.75 Å². The van der Waals surface area contributed by atoms with Crippen LogP contribution in [0, 0.1) is 15.9 Å². The van der Waals surface area contributed by atoms with Gasteiger partial charge in [-0.25, -0.2) is 4.39 Å². The van der Waals surface area contributed by atoms with Crippen LogP contribution in [-0.4, -0.2) is 15.9 Å². The molecule has 0 atom stereocenters. The largest absolute Gasteiger partial charge is 0.507 e. The highest BCUT2D eigenvalue weighted by molar-refractivity contribution is 6.31. The van der Waals surface area contributed by atoms with E-state index in [1.54, 1.807) is 0 Å². The van der Waals surface area contributed by atoms with Crippen LogP contribution in [-0.2, 0) is 0 Å². The number of halogens is 2. The van der Waals surface area contributed by atoms with Gasteiger partial charge in [0.1, 0.15) is 5.75 Å². The van der Waals surface area contributed by atoms with Crippen LogP contribution in [0.3, 0.4) is 0 Å². The third kappa shape index (κ3) is 3.26. The lowest BCUT2D eigenvalue weighted by molar-refractivity contribution is -0.385. The lowest BCUT2D eigenvalue weighted by Crippen LogP contribution is -2.13. The van der Waals surface area contributed by atoms with Crippen molar-refractivity contribution in [2.24, 2.45) is 0 Å². The molecule has 0 saturated carbocycles. The van der Waals surface area contributed by atoms with Crippen molar-refractivity contribution in [3.05, 3.63) is 62.9 Å². The summed E-state index contributed by atoms with van der Waals surface area (Å²) in [5, 5.41) is 22.5. The lowest BCUT2D eigenvalue weighted by Gasteiger charge is -2.08. The van der Waals surface area contributed by atoms with E-state index in [1.165, 1.54) is 18.2 Å². The van der Waals surface area contributed by atoms with Crippen LogP contribution in [0.15, 0.2) is 36.4 Å². The molecular weight excluding hydrogens is 303 g/mol. The number of hydrogen-bond acceptors (Lipinski definition) is 4. The molecule has 0 aliphatic heterocycles. The molecule has 6 nitrogen and oxygen atoms in total. The van der Waals surface area contributed by atoms with Crippen LogP contribution >= 0.6 is 11.6 Å². The fraction of sp³-hybridized carbons (Fsp3) is 0. The van der Waals surface area contributed by atoms with Crippen molar-refractivity contribution in [1.29, 1.82) is 0 Å². The van der Waals surface area contributed by atoms with Crippen LogP contribution in [0.1, 0.15) is 10.4 Å². The molecule has 2 rings (SSSR count). The average molecular weight is 311 g/mol. The van der Waals surface area contributed by atoms with E-state index in [1.807, 2.05) is 0 Å². The Balaban J connectivity index is 2.25. The maximum atomic E-state index is 13.6. The van der Waals surface area contributed by atoms with Gasteiger partial charge >= 0.3 is 0 Å². The first-order chi connectivity index (χ1) is 9.88. The standard InChI is InChI=1S/C13H8ClFN2O4/c14-7-1-3-9(12(18)5-7)13(19)16-11-4-2-8(17(20)21)6-10(11)15/h1-6,18H,(H,16,19). The molecule has 2 N–H and O–H groups in total. The van der Waals surface area contributed by atoms with Crippen LogP contribution in [0.5, 0.6) is 5.75 Å². The number of carbonyl (C=O) groups is 1. The highest BCUT2D eigenvalue weighted by atomic mass is 35.5. The van der Waals surface area contributed by atoms with Gasteiger partial charge in [0.15, 0.2) is 5.82 Å². The van der Waals surface area contributed by atoms with Gasteiger partial charge in [0.05, 0.1) is 22.2 Å². The molecule has 0 aliphatic carbocycles. The Morgan fingerprint density at radius 2 is 2.00 bits per heavy atom. The van der Waals surface area contributed by atoms with Gasteiger partial charge < -0.3 is 10.4 Å². The highest BCUT2D eigenvalue weighted by Crippen LogP contribution is 2.25. The molecule has 0 radical (unpaired) electrons. The molecular formula is C13H8ClFN2O4. The normalized spacial score (nSPS) is 10.2. The Morgan fingerprint density at radius 1 is 1.29 bits per heavy atom. The first-order valence-corrected chi connectivity index (χ1v) is 6.00. The number of anilines is 1. The zero-order valence-electron chi connectivity index (χ0n) is 10.3. The summed E-state index contributed by atoms with van der Waals surface area (Å²) < 4.78 is 13.6. The molecule has 21 heavy (non-hydrogen) atoms. The van der Waals surface area contributed by atoms with E-state index >= 15 is 0 Å². The number of nitro benzene ring substituents is 1. The number of phenols is 1. The number of benzene rings is 2. The van der Waals surface area contributed by atoms with Gasteiger partial charge in [-0.1, -0.05) is 11.6 Å². The fourth-order valence-electron chi connectivity index (χ4n) is 1.61. The molecule has 0 heterocycles. The Morgan fingerprint density at radius 3 is 2.57 bits per heavy atom. The summed E-state index contributed by atoms with van der Waals surface area (Å²) in [4.78, 5) is 21.6. The number of aromatic hydroxyl groups is 1. The Hall–Kier alpha value is -2.67. The Kier molecular flexibility index (Phi) is 4.04. The van der Waals surface area contributed by atoms with Gasteiger partial charge in [0.25, 0.3) is 11.6 Å². The van der Waals surface area contributed by atoms with Crippen molar-refractivity contribution in [2.75, 3.05) is 5.32 Å². The summed E-state index contributed by atoms with van der Waals surface area (Å²) in [6, 6.07) is 6.65. The number of carbonyl (C=O) groups excluding carboxylic acids is 1. The predicted octanol–water partition coefficient (Wildman–Crippen LogP) is 3.35. The Labute approximate surface area is 122 Å². The number of hydrogen-bond donors (Lipinski definition) is 2. The smallest absolute Gasteiger partial charge is 0.272 e. The van der Waals surface area contributed by atoms with Crippen molar-refractivity contribution < 1.29 is 19.2 Å². The zero-order valence-corrected chi connectivity index (χ0v) is 11.1. The Bertz CT molecular complexity index is 736. The van der Waals surface area contributed by atoms with Gasteiger partial charge in [0, 0.05) is 11.1 Å². The van der Waals surface area contributed by atoms with Gasteiger partial charge in [-0.05, 0) is 24.3 Å². The molecule has 0 aliphatic rings. The first-order valence-electron chi connectivity index (χ1n) is 5.62. The summed E-state index contributed by atoms with van der Waals surface area (Å²) in [6.07, 6.45) is 0. The third-order valence-electron chi connectivity index (χ3n) is 2.62. The summed E-state index contributed by atoms with van der Waals surface area (Å²) in [5.41, 5.74) is -0.767. The number of rotatable bonds is 3. The third-order valence-corrected chi connectivity index (χ3v) is 2.85. The minimum absolute atomic E-state index is 0.0999. The van der Waals surface area contributed by atoms with Crippen LogP contribution in [0.25, 0.3) is 0 Å². The predicted molar refractivity (Wildman–Crippen MR) is 74.1 cm³/mol. The molecule has 0 spiro atoms. The highest BCUT2D eigenvalue weighted by Gasteiger charge is 2.16. The average Bonchev–Trinajstić information content (AvgIpc) is 2.40. The fourth-order valence-corrected chi connectivity index (χ4v) is 1.77. The summed E-state index contributed by atoms with van der Waals surface area (Å²) in [5.74, 6) is -2.08. The number of phenolic OH excluding ortho intramolecular Hbond substituents is 1. The maximum Gasteiger partial charge on any atom is 0.272 e. The molecule has 0 fully saturated rings. The van der Waals surface area contributed by atoms with Crippen LogP contribution in [0.4, 0.5) is 15.8 Å². The second-order valence-electron chi connectivity index (χ2n) is 4.04. The number of non-ortho nitro benzene ring substituents is 1. The molecule has 1 amide bonds. The summed E-state index contributed by atoms with van der Waals surface area (Å²) in [6.45, 7) is 0. The summed E-state index contributed by atoms with van der Waals surface area (Å²) in [7, 11) is 0. The van der Waals surface area contributed by atoms with Crippen LogP contribution in [0.2, 0.25) is 5.02 Å². The van der Waals surface area contributed by atoms with Crippen molar-refractivity contribution >= 4 is 28.9 Å². The minimum atomic E-state index is -0.953. The first kappa shape index (κ1) is 14.7. The van der Waals surface area contributed by atoms with E-state index in [2.05, 4.69) is 5.32 Å². The topological polar surface area (TPSA) is 92.5 Å². The van der Waals surface area contributed by atoms with E-state index in [9.17, 15) is 24.4 Å². The van der Waals surface area contributed by atoms with E-state index in [0.717, 1.165) is 12.1 Å². The second kappa shape index (κ2) is 5.76. The van der Waals surface area contributed by atoms with Gasteiger partial charge in [-0.15, -0.1) is 0 Å². The van der Waals surface area contributed by atoms with Crippen molar-refractivity contribution in [2.45, 2.75) is 0 Å². The van der Waals surface area contributed by atoms with E-state index in [-0.39, 0.29) is 22.0 Å².